The molecule has 1 unspecified atom stereocenters. The Balaban J connectivity index is 0.00000312. The van der Waals surface area contributed by atoms with Crippen molar-refractivity contribution in [1.29, 1.82) is 0 Å². The lowest BCUT2D eigenvalue weighted by molar-refractivity contribution is -0.116. The monoisotopic (exact) mass is 361 g/mol. The van der Waals surface area contributed by atoms with Crippen LogP contribution in [0.2, 0.25) is 0 Å². The second-order valence-electron chi connectivity index (χ2n) is 5.55. The summed E-state index contributed by atoms with van der Waals surface area (Å²) in [5.41, 5.74) is 2.01. The van der Waals surface area contributed by atoms with E-state index in [0.717, 1.165) is 5.56 Å². The Morgan fingerprint density at radius 2 is 1.64 bits per heavy atom. The molecule has 0 aromatic heterocycles. The third kappa shape index (κ3) is 6.21. The van der Waals surface area contributed by atoms with E-state index in [4.69, 9.17) is 0 Å². The number of rotatable bonds is 7. The summed E-state index contributed by atoms with van der Waals surface area (Å²) in [5.74, 6) is -0.337. The predicted octanol–water partition coefficient (Wildman–Crippen LogP) is 3.15. The van der Waals surface area contributed by atoms with Gasteiger partial charge in [0.05, 0.1) is 17.3 Å². The molecule has 3 N–H and O–H groups in total. The number of benzene rings is 2. The number of carbonyl (C=O) groups excluding carboxylic acids is 2. The number of carbonyl (C=O) groups is 2. The fourth-order valence-electron chi connectivity index (χ4n) is 2.34. The largest absolute Gasteiger partial charge is 0.345 e. The van der Waals surface area contributed by atoms with Crippen molar-refractivity contribution in [2.24, 2.45) is 0 Å². The Morgan fingerprint density at radius 3 is 2.32 bits per heavy atom. The molecule has 2 aromatic rings. The summed E-state index contributed by atoms with van der Waals surface area (Å²) in [6.07, 6.45) is 0.354. The molecule has 0 heterocycles. The van der Waals surface area contributed by atoms with E-state index >= 15 is 0 Å². The number of hydrogen-bond acceptors (Lipinski definition) is 3. The molecule has 2 aromatic carbocycles. The average Bonchev–Trinajstić information content (AvgIpc) is 2.61. The number of amides is 2. The Labute approximate surface area is 154 Å². The van der Waals surface area contributed by atoms with Crippen LogP contribution in [0.4, 0.5) is 5.69 Å². The lowest BCUT2D eigenvalue weighted by Gasteiger charge is -2.16. The quantitative estimate of drug-likeness (QED) is 0.709. The Kier molecular flexibility index (Phi) is 8.67. The highest BCUT2D eigenvalue weighted by Crippen LogP contribution is 2.18. The number of para-hydroxylation sites is 1. The second-order valence-corrected chi connectivity index (χ2v) is 5.55. The zero-order valence-electron chi connectivity index (χ0n) is 14.4. The highest BCUT2D eigenvalue weighted by molar-refractivity contribution is 6.03. The second kappa shape index (κ2) is 10.5. The van der Waals surface area contributed by atoms with Crippen LogP contribution in [0.3, 0.4) is 0 Å². The summed E-state index contributed by atoms with van der Waals surface area (Å²) in [7, 11) is 1.79. The lowest BCUT2D eigenvalue weighted by atomic mass is 10.1. The van der Waals surface area contributed by atoms with E-state index < -0.39 is 0 Å². The highest BCUT2D eigenvalue weighted by atomic mass is 35.5. The highest BCUT2D eigenvalue weighted by Gasteiger charge is 2.15. The van der Waals surface area contributed by atoms with Gasteiger partial charge in [0.15, 0.2) is 0 Å². The maximum atomic E-state index is 12.6. The van der Waals surface area contributed by atoms with Gasteiger partial charge in [-0.15, -0.1) is 12.4 Å². The van der Waals surface area contributed by atoms with Crippen LogP contribution in [-0.4, -0.2) is 25.4 Å². The van der Waals surface area contributed by atoms with Crippen LogP contribution in [0, 0.1) is 0 Å². The molecule has 6 heteroatoms. The molecule has 0 saturated heterocycles. The standard InChI is InChI=1S/C19H23N3O2.ClH/c1-14(15-8-4-3-5-9-15)21-19(24)16-10-6-7-11-17(16)22-18(23)12-13-20-2;/h3-11,14,20H,12-13H2,1-2H3,(H,21,24)(H,22,23);1H. The first-order chi connectivity index (χ1) is 11.6. The van der Waals surface area contributed by atoms with Crippen molar-refractivity contribution < 1.29 is 9.59 Å². The first kappa shape index (κ1) is 20.7. The van der Waals surface area contributed by atoms with Gasteiger partial charge in [-0.05, 0) is 31.7 Å². The Morgan fingerprint density at radius 1 is 1.00 bits per heavy atom. The molecule has 0 bridgehead atoms. The molecule has 1 atom stereocenters. The molecule has 0 saturated carbocycles. The maximum Gasteiger partial charge on any atom is 0.253 e. The van der Waals surface area contributed by atoms with Crippen molar-refractivity contribution in [3.05, 3.63) is 65.7 Å². The third-order valence-corrected chi connectivity index (χ3v) is 3.70. The minimum absolute atomic E-state index is 0. The molecule has 0 fully saturated rings. The molecule has 0 aliphatic carbocycles. The summed E-state index contributed by atoms with van der Waals surface area (Å²) < 4.78 is 0. The minimum atomic E-state index is -0.212. The van der Waals surface area contributed by atoms with E-state index in [0.29, 0.717) is 24.2 Å². The van der Waals surface area contributed by atoms with Gasteiger partial charge in [0.2, 0.25) is 5.91 Å². The molecule has 0 aliphatic heterocycles. The zero-order chi connectivity index (χ0) is 17.4. The predicted molar refractivity (Wildman–Crippen MR) is 103 cm³/mol. The topological polar surface area (TPSA) is 70.2 Å². The van der Waals surface area contributed by atoms with Crippen LogP contribution >= 0.6 is 12.4 Å². The molecule has 2 rings (SSSR count). The lowest BCUT2D eigenvalue weighted by Crippen LogP contribution is -2.28. The van der Waals surface area contributed by atoms with Gasteiger partial charge in [0.1, 0.15) is 0 Å². The van der Waals surface area contributed by atoms with Crippen molar-refractivity contribution in [2.75, 3.05) is 18.9 Å². The average molecular weight is 362 g/mol. The molecular weight excluding hydrogens is 338 g/mol. The van der Waals surface area contributed by atoms with Crippen molar-refractivity contribution in [2.45, 2.75) is 19.4 Å². The van der Waals surface area contributed by atoms with Crippen molar-refractivity contribution in [3.8, 4) is 0 Å². The molecule has 0 radical (unpaired) electrons. The number of nitrogens with one attached hydrogen (secondary N) is 3. The van der Waals surface area contributed by atoms with E-state index in [2.05, 4.69) is 16.0 Å². The number of hydrogen-bond donors (Lipinski definition) is 3. The fraction of sp³-hybridized carbons (Fsp3) is 0.263. The van der Waals surface area contributed by atoms with Crippen molar-refractivity contribution in [1.82, 2.24) is 10.6 Å². The first-order valence-electron chi connectivity index (χ1n) is 8.01. The van der Waals surface area contributed by atoms with Crippen LogP contribution < -0.4 is 16.0 Å². The normalized spacial score (nSPS) is 11.1. The van der Waals surface area contributed by atoms with Gasteiger partial charge in [-0.3, -0.25) is 9.59 Å². The van der Waals surface area contributed by atoms with E-state index in [1.165, 1.54) is 0 Å². The van der Waals surface area contributed by atoms with Crippen LogP contribution in [0.1, 0.15) is 35.3 Å². The van der Waals surface area contributed by atoms with E-state index in [9.17, 15) is 9.59 Å². The van der Waals surface area contributed by atoms with E-state index in [1.54, 1.807) is 31.3 Å². The van der Waals surface area contributed by atoms with E-state index in [-0.39, 0.29) is 30.3 Å². The van der Waals surface area contributed by atoms with Gasteiger partial charge in [-0.1, -0.05) is 42.5 Å². The van der Waals surface area contributed by atoms with Gasteiger partial charge in [-0.25, -0.2) is 0 Å². The molecule has 25 heavy (non-hydrogen) atoms. The smallest absolute Gasteiger partial charge is 0.253 e. The third-order valence-electron chi connectivity index (χ3n) is 3.70. The molecule has 5 nitrogen and oxygen atoms in total. The molecular formula is C19H24ClN3O2. The minimum Gasteiger partial charge on any atom is -0.345 e. The maximum absolute atomic E-state index is 12.6. The van der Waals surface area contributed by atoms with Gasteiger partial charge in [0.25, 0.3) is 5.91 Å². The van der Waals surface area contributed by atoms with Crippen LogP contribution in [0.5, 0.6) is 0 Å². The van der Waals surface area contributed by atoms with E-state index in [1.807, 2.05) is 37.3 Å². The summed E-state index contributed by atoms with van der Waals surface area (Å²) in [5, 5.41) is 8.69. The first-order valence-corrected chi connectivity index (χ1v) is 8.01. The SMILES string of the molecule is CNCCC(=O)Nc1ccccc1C(=O)NC(C)c1ccccc1.Cl. The summed E-state index contributed by atoms with van der Waals surface area (Å²) in [6.45, 7) is 2.52. The van der Waals surface area contributed by atoms with Crippen molar-refractivity contribution >= 4 is 29.9 Å². The van der Waals surface area contributed by atoms with Gasteiger partial charge < -0.3 is 16.0 Å². The Bertz CT molecular complexity index is 692. The van der Waals surface area contributed by atoms with Crippen LogP contribution in [0.15, 0.2) is 54.6 Å². The van der Waals surface area contributed by atoms with Crippen molar-refractivity contribution in [3.63, 3.8) is 0 Å². The summed E-state index contributed by atoms with van der Waals surface area (Å²) in [4.78, 5) is 24.5. The molecule has 0 spiro atoms. The molecule has 134 valence electrons. The fourth-order valence-corrected chi connectivity index (χ4v) is 2.34. The Hall–Kier alpha value is -2.37. The zero-order valence-corrected chi connectivity index (χ0v) is 15.2. The van der Waals surface area contributed by atoms with Gasteiger partial charge >= 0.3 is 0 Å². The summed E-state index contributed by atoms with van der Waals surface area (Å²) in [6, 6.07) is 16.7. The molecule has 2 amide bonds. The van der Waals surface area contributed by atoms with Crippen LogP contribution in [-0.2, 0) is 4.79 Å². The van der Waals surface area contributed by atoms with Crippen LogP contribution in [0.25, 0.3) is 0 Å². The van der Waals surface area contributed by atoms with Gasteiger partial charge in [0, 0.05) is 13.0 Å². The summed E-state index contributed by atoms with van der Waals surface area (Å²) >= 11 is 0. The number of halogens is 1. The number of anilines is 1. The van der Waals surface area contributed by atoms with Gasteiger partial charge in [-0.2, -0.15) is 0 Å². The molecule has 0 aliphatic rings.